The number of ether oxygens (including phenoxy) is 4. The molecule has 0 aromatic carbocycles. The number of aliphatic hydroxyl groups excluding tert-OH is 8. The van der Waals surface area contributed by atoms with Crippen molar-refractivity contribution < 1.29 is 77.9 Å². The summed E-state index contributed by atoms with van der Waals surface area (Å²) in [4.78, 5) is 19.6. The van der Waals surface area contributed by atoms with Gasteiger partial charge in [-0.15, -0.1) is 0 Å². The van der Waals surface area contributed by atoms with Crippen LogP contribution in [0.5, 0.6) is 0 Å². The van der Waals surface area contributed by atoms with E-state index in [1.807, 2.05) is 59.1 Å². The Morgan fingerprint density at radius 1 is 0.659 bits per heavy atom. The fourth-order valence-electron chi connectivity index (χ4n) is 5.74. The Morgan fingerprint density at radius 2 is 1.11 bits per heavy atom. The second kappa shape index (κ2) is 88.3. The Hall–Kier alpha value is -1.73. The number of likely N-dealkylation sites (tertiary alicyclic amines) is 1. The highest BCUT2D eigenvalue weighted by atomic mass is 32.2. The summed E-state index contributed by atoms with van der Waals surface area (Å²) in [6.45, 7) is 16.0. The van der Waals surface area contributed by atoms with Crippen molar-refractivity contribution in [1.29, 1.82) is 0 Å². The molecule has 5 rings (SSSR count). The molecule has 33 heteroatoms. The van der Waals surface area contributed by atoms with E-state index in [1.54, 1.807) is 81.2 Å². The molecular formula is C58H143N15O16S2. The third kappa shape index (κ3) is 102. The van der Waals surface area contributed by atoms with Crippen molar-refractivity contribution in [3.8, 4) is 0 Å². The van der Waals surface area contributed by atoms with E-state index in [4.69, 9.17) is 59.8 Å². The number of aromatic nitrogens is 2. The van der Waals surface area contributed by atoms with Gasteiger partial charge in [-0.05, 0) is 96.2 Å². The predicted molar refractivity (Wildman–Crippen MR) is 375 cm³/mol. The van der Waals surface area contributed by atoms with E-state index >= 15 is 0 Å². The minimum atomic E-state index is -2.66. The van der Waals surface area contributed by atoms with Gasteiger partial charge in [0.05, 0.1) is 115 Å². The van der Waals surface area contributed by atoms with E-state index in [1.165, 1.54) is 37.4 Å². The summed E-state index contributed by atoms with van der Waals surface area (Å²) in [6, 6.07) is 0.559. The number of nitrogens with one attached hydrogen (secondary N) is 8. The van der Waals surface area contributed by atoms with Gasteiger partial charge in [-0.1, -0.05) is 0 Å². The van der Waals surface area contributed by atoms with Gasteiger partial charge >= 0.3 is 0 Å². The molecule has 1 aromatic heterocycles. The molecule has 0 radical (unpaired) electrons. The number of nitrogens with zero attached hydrogens (tertiary/aromatic N) is 7. The first-order chi connectivity index (χ1) is 43.4. The van der Waals surface area contributed by atoms with Crippen LogP contribution in [0.3, 0.4) is 0 Å². The van der Waals surface area contributed by atoms with Crippen LogP contribution in [0, 0.1) is 0 Å². The molecule has 0 amide bonds. The first-order valence-electron chi connectivity index (χ1n) is 31.1. The maximum absolute atomic E-state index is 10.8. The summed E-state index contributed by atoms with van der Waals surface area (Å²) in [7, 11) is 32.1. The third-order valence-corrected chi connectivity index (χ3v) is 14.8. The van der Waals surface area contributed by atoms with Crippen molar-refractivity contribution in [2.75, 3.05) is 320 Å². The predicted octanol–water partition coefficient (Wildman–Crippen LogP) is -3.92. The summed E-state index contributed by atoms with van der Waals surface area (Å²) >= 11 is 2.06. The lowest BCUT2D eigenvalue weighted by molar-refractivity contribution is -0.0855. The second-order valence-electron chi connectivity index (χ2n) is 20.4. The number of sulfone groups is 1. The van der Waals surface area contributed by atoms with Crippen LogP contribution in [0.15, 0.2) is 12.4 Å². The zero-order chi connectivity index (χ0) is 71.2. The van der Waals surface area contributed by atoms with Gasteiger partial charge in [-0.25, -0.2) is 13.9 Å². The van der Waals surface area contributed by atoms with Crippen molar-refractivity contribution in [2.24, 2.45) is 0 Å². The van der Waals surface area contributed by atoms with Crippen LogP contribution in [-0.2, 0) is 38.5 Å². The number of hydrogen-bond donors (Lipinski definition) is 16. The van der Waals surface area contributed by atoms with Crippen LogP contribution >= 0.6 is 11.8 Å². The number of aliphatic hydroxyl groups is 8. The molecule has 558 valence electrons. The molecule has 4 saturated heterocycles. The number of H-pyrrole nitrogens is 1. The lowest BCUT2D eigenvalue weighted by atomic mass is 10.1. The Labute approximate surface area is 557 Å². The van der Waals surface area contributed by atoms with Crippen LogP contribution in [-0.4, -0.2) is 428 Å². The van der Waals surface area contributed by atoms with Gasteiger partial charge in [0.2, 0.25) is 0 Å². The monoisotopic (exact) mass is 1370 g/mol. The number of methoxy groups -OCH3 is 3. The van der Waals surface area contributed by atoms with E-state index in [9.17, 15) is 8.42 Å². The van der Waals surface area contributed by atoms with Gasteiger partial charge in [0.1, 0.15) is 0 Å². The zero-order valence-electron chi connectivity index (χ0n) is 60.4. The average Bonchev–Trinajstić information content (AvgIpc) is 4.09. The van der Waals surface area contributed by atoms with E-state index < -0.39 is 15.9 Å². The SMILES string of the molecule is CN(CCO)CCO.CN1CCC(O)CC1.CN1CCS(=O)(=O)CC1.CN1CCSCC1.CNC(CO)CO.CNC1CCOCC1.CNCC(O)CO.CNCCO.CNCCOC.CNOC.CNc1cn[nH]c1.COCCN(C)CCOC.CON(C)C. The van der Waals surface area contributed by atoms with Gasteiger partial charge in [0, 0.05) is 172 Å². The van der Waals surface area contributed by atoms with Gasteiger partial charge < -0.3 is 126 Å². The molecule has 0 aliphatic carbocycles. The molecule has 1 unspecified atom stereocenters. The summed E-state index contributed by atoms with van der Waals surface area (Å²) in [5.41, 5.74) is 3.44. The maximum Gasteiger partial charge on any atom is 0.152 e. The number of thioether (sulfide) groups is 1. The Bertz CT molecular complexity index is 1440. The molecule has 0 bridgehead atoms. The molecular weight excluding hydrogens is 1230 g/mol. The van der Waals surface area contributed by atoms with E-state index in [-0.39, 0.29) is 51.8 Å². The molecule has 4 aliphatic heterocycles. The van der Waals surface area contributed by atoms with Crippen molar-refractivity contribution in [2.45, 2.75) is 50.0 Å². The molecule has 1 atom stereocenters. The van der Waals surface area contributed by atoms with Crippen LogP contribution in [0.2, 0.25) is 0 Å². The Morgan fingerprint density at radius 3 is 1.33 bits per heavy atom. The zero-order valence-corrected chi connectivity index (χ0v) is 62.0. The molecule has 4 aliphatic rings. The van der Waals surface area contributed by atoms with E-state index in [0.717, 1.165) is 84.3 Å². The number of likely N-dealkylation sites (N-methyl/N-ethyl adjacent to an activating group) is 6. The summed E-state index contributed by atoms with van der Waals surface area (Å²) in [5.74, 6) is 3.33. The lowest BCUT2D eigenvalue weighted by Crippen LogP contribution is -2.37. The summed E-state index contributed by atoms with van der Waals surface area (Å²) in [6.07, 6.45) is 7.15. The number of hydroxylamine groups is 3. The lowest BCUT2D eigenvalue weighted by Gasteiger charge is -2.25. The van der Waals surface area contributed by atoms with Crippen LogP contribution in [0.4, 0.5) is 5.69 Å². The minimum absolute atomic E-state index is 0.00694. The highest BCUT2D eigenvalue weighted by Crippen LogP contribution is 2.07. The van der Waals surface area contributed by atoms with Crippen molar-refractivity contribution >= 4 is 27.3 Å². The summed E-state index contributed by atoms with van der Waals surface area (Å²) in [5, 5.41) is 92.3. The van der Waals surface area contributed by atoms with Crippen LogP contribution in [0.25, 0.3) is 0 Å². The van der Waals surface area contributed by atoms with Gasteiger partial charge in [-0.2, -0.15) is 21.9 Å². The second-order valence-corrected chi connectivity index (χ2v) is 24.0. The topological polar surface area (TPSA) is 384 Å². The average molecular weight is 1370 g/mol. The molecule has 31 nitrogen and oxygen atoms in total. The quantitative estimate of drug-likeness (QED) is 0.0328. The number of anilines is 1. The standard InChI is InChI=1S/C7H17NO2.2C6H13NO.C5H11NO2S.C5H13NO2.C5H11NS.C4H7N3.2C4H11NO2.C4H11NO.2C3H9NO.C2H7NO/c1-8(4-6-9-2)5-7-10-3;1-7-6-2-4-8-5-3-6;1-7-4-2-6(8)3-5-7;1-6-2-4-9(7,8)5-3-6;1-6(2-4-7)3-5-8;1-6-2-4-7-5-3-6;1-5-4-2-6-7-3-4;1-5-4(2-6)3-7;1-5-2-4(7)3-6;1-5-3-4-6-2;1-4(2)5-3;1-4-2-3-5;1-3-4-2/h4-7H2,1-3H3;6-7H,2-5H2,1H3;6,8H,2-5H2,1H3;2-5H2,1H3;7-8H,2-5H2,1H3;2-5H2,1H3;2-3,5H,1H3,(H,6,7);2*4-7H,2-3H2,1H3;5H,3-4H2,1-2H3;1-3H3;4-5H,2-3H2,1H3;3H,1-2H3. The van der Waals surface area contributed by atoms with E-state index in [2.05, 4.69) is 105 Å². The molecule has 91 heavy (non-hydrogen) atoms. The van der Waals surface area contributed by atoms with Crippen LogP contribution in [0.1, 0.15) is 25.7 Å². The normalized spacial score (nSPS) is 15.7. The highest BCUT2D eigenvalue weighted by molar-refractivity contribution is 7.99. The van der Waals surface area contributed by atoms with Gasteiger partial charge in [0.25, 0.3) is 0 Å². The first-order valence-corrected chi connectivity index (χ1v) is 34.0. The number of rotatable bonds is 25. The highest BCUT2D eigenvalue weighted by Gasteiger charge is 2.18. The first kappa shape index (κ1) is 105. The smallest absolute Gasteiger partial charge is 0.152 e. The van der Waals surface area contributed by atoms with Crippen molar-refractivity contribution in [3.63, 3.8) is 0 Å². The Balaban J connectivity index is -0.000000137. The minimum Gasteiger partial charge on any atom is -0.395 e. The Kier molecular flexibility index (Phi) is 102. The molecule has 1 aromatic rings. The van der Waals surface area contributed by atoms with Gasteiger partial charge in [0.15, 0.2) is 9.84 Å². The summed E-state index contributed by atoms with van der Waals surface area (Å²) < 4.78 is 41.2. The van der Waals surface area contributed by atoms with Crippen molar-refractivity contribution in [1.82, 2.24) is 71.8 Å². The molecule has 0 spiro atoms. The molecule has 4 fully saturated rings. The number of hydrogen-bond acceptors (Lipinski definition) is 31. The molecule has 5 heterocycles. The maximum atomic E-state index is 10.8. The fourth-order valence-corrected chi connectivity index (χ4v) is 8.21. The third-order valence-electron chi connectivity index (χ3n) is 12.2. The molecule has 0 saturated carbocycles. The fraction of sp³-hybridized carbons (Fsp3) is 0.948. The number of piperidine rings is 1. The number of aromatic amines is 1. The molecule has 16 N–H and O–H groups in total. The van der Waals surface area contributed by atoms with Gasteiger partial charge in [-0.3, -0.25) is 5.10 Å². The van der Waals surface area contributed by atoms with Crippen molar-refractivity contribution in [3.05, 3.63) is 12.4 Å². The van der Waals surface area contributed by atoms with E-state index in [0.29, 0.717) is 56.8 Å². The largest absolute Gasteiger partial charge is 0.395 e. The van der Waals surface area contributed by atoms with Crippen LogP contribution < -0.4 is 37.4 Å².